The number of nitriles is 1. The molecule has 0 aliphatic rings. The highest BCUT2D eigenvalue weighted by atomic mass is 32.1. The fourth-order valence-electron chi connectivity index (χ4n) is 3.06. The van der Waals surface area contributed by atoms with Gasteiger partial charge in [-0.1, -0.05) is 35.6 Å². The third-order valence-electron chi connectivity index (χ3n) is 4.49. The summed E-state index contributed by atoms with van der Waals surface area (Å²) in [5.74, 6) is 0.799. The van der Waals surface area contributed by atoms with E-state index in [1.54, 1.807) is 24.3 Å². The Kier molecular flexibility index (Phi) is 6.11. The number of carbonyl (C=O) groups excluding carboxylic acids is 1. The summed E-state index contributed by atoms with van der Waals surface area (Å²) in [5, 5.41) is 9.80. The number of amides is 1. The molecule has 154 valence electrons. The number of para-hydroxylation sites is 2. The molecule has 0 saturated carbocycles. The van der Waals surface area contributed by atoms with Gasteiger partial charge < -0.3 is 9.47 Å². The molecule has 4 rings (SSSR count). The second-order valence-electron chi connectivity index (χ2n) is 6.52. The lowest BCUT2D eigenvalue weighted by Crippen LogP contribution is -2.31. The average molecular weight is 430 g/mol. The fourth-order valence-corrected chi connectivity index (χ4v) is 4.07. The van der Waals surface area contributed by atoms with Crippen molar-refractivity contribution in [3.63, 3.8) is 0 Å². The van der Waals surface area contributed by atoms with Crippen LogP contribution in [0.3, 0.4) is 0 Å². The standard InChI is InChI=1S/C24H19N3O3S/c1-2-29-19-13-11-18(12-14-19)27(24-26-20-8-4-6-10-22(20)31-24)23(28)16-30-21-9-5-3-7-17(21)15-25/h3-14H,2,16H2,1H3. The average Bonchev–Trinajstić information content (AvgIpc) is 3.23. The topological polar surface area (TPSA) is 75.4 Å². The van der Waals surface area contributed by atoms with E-state index in [2.05, 4.69) is 11.1 Å². The van der Waals surface area contributed by atoms with Crippen LogP contribution in [0.25, 0.3) is 10.2 Å². The SMILES string of the molecule is CCOc1ccc(N(C(=O)COc2ccccc2C#N)c2nc3ccccc3s2)cc1. The Morgan fingerprint density at radius 1 is 1.03 bits per heavy atom. The van der Waals surface area contributed by atoms with Crippen LogP contribution in [0.15, 0.2) is 72.8 Å². The fraction of sp³-hybridized carbons (Fsp3) is 0.125. The van der Waals surface area contributed by atoms with Gasteiger partial charge in [-0.15, -0.1) is 0 Å². The number of aromatic nitrogens is 1. The molecule has 0 spiro atoms. The molecule has 0 saturated heterocycles. The zero-order valence-electron chi connectivity index (χ0n) is 16.8. The third-order valence-corrected chi connectivity index (χ3v) is 5.51. The minimum Gasteiger partial charge on any atom is -0.494 e. The van der Waals surface area contributed by atoms with Gasteiger partial charge in [-0.3, -0.25) is 9.69 Å². The Bertz CT molecular complexity index is 1210. The number of benzene rings is 3. The van der Waals surface area contributed by atoms with Crippen LogP contribution in [-0.4, -0.2) is 24.1 Å². The van der Waals surface area contributed by atoms with Gasteiger partial charge >= 0.3 is 0 Å². The van der Waals surface area contributed by atoms with Crippen molar-refractivity contribution in [1.29, 1.82) is 5.26 Å². The van der Waals surface area contributed by atoms with E-state index in [1.807, 2.05) is 55.5 Å². The Balaban J connectivity index is 1.66. The first-order valence-corrected chi connectivity index (χ1v) is 10.5. The van der Waals surface area contributed by atoms with Gasteiger partial charge in [0.2, 0.25) is 0 Å². The molecule has 1 heterocycles. The van der Waals surface area contributed by atoms with E-state index in [4.69, 9.17) is 9.47 Å². The summed E-state index contributed by atoms with van der Waals surface area (Å²) >= 11 is 1.43. The summed E-state index contributed by atoms with van der Waals surface area (Å²) in [6.45, 7) is 2.25. The van der Waals surface area contributed by atoms with Crippen molar-refractivity contribution >= 4 is 38.3 Å². The van der Waals surface area contributed by atoms with Crippen molar-refractivity contribution in [2.45, 2.75) is 6.92 Å². The highest BCUT2D eigenvalue weighted by Gasteiger charge is 2.23. The lowest BCUT2D eigenvalue weighted by Gasteiger charge is -2.20. The predicted octanol–water partition coefficient (Wildman–Crippen LogP) is 5.31. The van der Waals surface area contributed by atoms with Crippen LogP contribution in [0.4, 0.5) is 10.8 Å². The third kappa shape index (κ3) is 4.49. The monoisotopic (exact) mass is 429 g/mol. The summed E-state index contributed by atoms with van der Waals surface area (Å²) in [4.78, 5) is 19.4. The van der Waals surface area contributed by atoms with Gasteiger partial charge in [0.15, 0.2) is 11.7 Å². The normalized spacial score (nSPS) is 10.5. The quantitative estimate of drug-likeness (QED) is 0.398. The van der Waals surface area contributed by atoms with Crippen LogP contribution < -0.4 is 14.4 Å². The molecule has 0 fully saturated rings. The highest BCUT2D eigenvalue weighted by Crippen LogP contribution is 2.34. The van der Waals surface area contributed by atoms with Crippen molar-refractivity contribution in [2.75, 3.05) is 18.1 Å². The molecule has 0 aliphatic carbocycles. The van der Waals surface area contributed by atoms with Crippen LogP contribution >= 0.6 is 11.3 Å². The van der Waals surface area contributed by atoms with Crippen LogP contribution in [0.2, 0.25) is 0 Å². The zero-order chi connectivity index (χ0) is 21.6. The molecule has 6 nitrogen and oxygen atoms in total. The summed E-state index contributed by atoms with van der Waals surface area (Å²) in [6.07, 6.45) is 0. The molecule has 1 aromatic heterocycles. The second kappa shape index (κ2) is 9.28. The van der Waals surface area contributed by atoms with Gasteiger partial charge in [0.1, 0.15) is 17.6 Å². The van der Waals surface area contributed by atoms with Crippen LogP contribution in [0, 0.1) is 11.3 Å². The van der Waals surface area contributed by atoms with Crippen molar-refractivity contribution in [3.05, 3.63) is 78.4 Å². The molecule has 0 unspecified atom stereocenters. The number of ether oxygens (including phenoxy) is 2. The lowest BCUT2D eigenvalue weighted by atomic mass is 10.2. The van der Waals surface area contributed by atoms with Crippen molar-refractivity contribution in [1.82, 2.24) is 4.98 Å². The zero-order valence-corrected chi connectivity index (χ0v) is 17.6. The highest BCUT2D eigenvalue weighted by molar-refractivity contribution is 7.22. The van der Waals surface area contributed by atoms with E-state index < -0.39 is 0 Å². The van der Waals surface area contributed by atoms with E-state index in [0.29, 0.717) is 28.7 Å². The van der Waals surface area contributed by atoms with E-state index in [9.17, 15) is 10.1 Å². The van der Waals surface area contributed by atoms with Gasteiger partial charge in [-0.25, -0.2) is 4.98 Å². The van der Waals surface area contributed by atoms with Crippen LogP contribution in [0.1, 0.15) is 12.5 Å². The van der Waals surface area contributed by atoms with Crippen molar-refractivity contribution < 1.29 is 14.3 Å². The minimum absolute atomic E-state index is 0.234. The summed E-state index contributed by atoms with van der Waals surface area (Å²) in [5.41, 5.74) is 1.86. The van der Waals surface area contributed by atoms with E-state index in [1.165, 1.54) is 16.2 Å². The number of nitrogens with zero attached hydrogens (tertiary/aromatic N) is 3. The number of anilines is 2. The van der Waals surface area contributed by atoms with Gasteiger partial charge in [0.25, 0.3) is 5.91 Å². The number of rotatable bonds is 7. The molecule has 4 aromatic rings. The van der Waals surface area contributed by atoms with Crippen molar-refractivity contribution in [2.24, 2.45) is 0 Å². The predicted molar refractivity (Wildman–Crippen MR) is 121 cm³/mol. The van der Waals surface area contributed by atoms with E-state index in [0.717, 1.165) is 16.0 Å². The maximum absolute atomic E-state index is 13.3. The first kappa shape index (κ1) is 20.4. The molecule has 7 heteroatoms. The Morgan fingerprint density at radius 3 is 2.52 bits per heavy atom. The number of thiazole rings is 1. The molecule has 0 bridgehead atoms. The maximum atomic E-state index is 13.3. The summed E-state index contributed by atoms with van der Waals surface area (Å²) in [6, 6.07) is 23.9. The van der Waals surface area contributed by atoms with E-state index in [-0.39, 0.29) is 12.5 Å². The largest absolute Gasteiger partial charge is 0.494 e. The lowest BCUT2D eigenvalue weighted by molar-refractivity contribution is -0.119. The van der Waals surface area contributed by atoms with Gasteiger partial charge in [0.05, 0.1) is 28.1 Å². The molecule has 0 radical (unpaired) electrons. The Labute approximate surface area is 183 Å². The summed E-state index contributed by atoms with van der Waals surface area (Å²) < 4.78 is 12.2. The van der Waals surface area contributed by atoms with Gasteiger partial charge in [-0.2, -0.15) is 5.26 Å². The first-order chi connectivity index (χ1) is 15.2. The molecule has 31 heavy (non-hydrogen) atoms. The van der Waals surface area contributed by atoms with E-state index >= 15 is 0 Å². The molecule has 0 aliphatic heterocycles. The molecule has 3 aromatic carbocycles. The molecule has 1 amide bonds. The van der Waals surface area contributed by atoms with Crippen LogP contribution in [-0.2, 0) is 4.79 Å². The number of hydrogen-bond acceptors (Lipinski definition) is 6. The molecule has 0 atom stereocenters. The number of hydrogen-bond donors (Lipinski definition) is 0. The van der Waals surface area contributed by atoms with Gasteiger partial charge in [-0.05, 0) is 55.5 Å². The maximum Gasteiger partial charge on any atom is 0.271 e. The summed E-state index contributed by atoms with van der Waals surface area (Å²) in [7, 11) is 0. The minimum atomic E-state index is -0.295. The Hall–Kier alpha value is -3.89. The molecular weight excluding hydrogens is 410 g/mol. The number of carbonyl (C=O) groups is 1. The van der Waals surface area contributed by atoms with Crippen LogP contribution in [0.5, 0.6) is 11.5 Å². The molecular formula is C24H19N3O3S. The second-order valence-corrected chi connectivity index (χ2v) is 7.53. The molecule has 0 N–H and O–H groups in total. The Morgan fingerprint density at radius 2 is 1.77 bits per heavy atom. The van der Waals surface area contributed by atoms with Gasteiger partial charge in [0, 0.05) is 0 Å². The van der Waals surface area contributed by atoms with Crippen molar-refractivity contribution in [3.8, 4) is 17.6 Å². The first-order valence-electron chi connectivity index (χ1n) is 9.73. The number of fused-ring (bicyclic) bond motifs is 1. The smallest absolute Gasteiger partial charge is 0.271 e.